The number of rotatable bonds is 11. The SMILES string of the molecule is COC1C[C@@H](C)C(=O)C(C)C(O)[C@](C)(O)COC(=O)C(C)C[C@H](C)C1OC1CC(N(C)CCCOc2cnc3ccc(CN4CCc5ccccc54)cc3c2)CC(C)O1. The van der Waals surface area contributed by atoms with Crippen LogP contribution in [0.25, 0.3) is 10.9 Å². The Balaban J connectivity index is 1.05. The van der Waals surface area contributed by atoms with Crippen LogP contribution in [0.3, 0.4) is 0 Å². The number of ether oxygens (including phenoxy) is 5. The maximum absolute atomic E-state index is 13.5. The minimum atomic E-state index is -1.78. The highest BCUT2D eigenvalue weighted by molar-refractivity contribution is 5.83. The second kappa shape index (κ2) is 19.8. The average Bonchev–Trinajstić information content (AvgIpc) is 3.63. The number of benzene rings is 2. The van der Waals surface area contributed by atoms with Crippen LogP contribution in [-0.2, 0) is 41.5 Å². The van der Waals surface area contributed by atoms with Gasteiger partial charge in [0.2, 0.25) is 0 Å². The number of fused-ring (bicyclic) bond motifs is 2. The largest absolute Gasteiger partial charge is 0.492 e. The Labute approximate surface area is 350 Å². The summed E-state index contributed by atoms with van der Waals surface area (Å²) in [6.45, 7) is 13.5. The highest BCUT2D eigenvalue weighted by atomic mass is 16.7. The van der Waals surface area contributed by atoms with E-state index in [0.29, 0.717) is 25.9 Å². The van der Waals surface area contributed by atoms with E-state index in [2.05, 4.69) is 77.3 Å². The number of nitrogens with zero attached hydrogens (tertiary/aromatic N) is 3. The highest BCUT2D eigenvalue weighted by Gasteiger charge is 2.43. The van der Waals surface area contributed by atoms with E-state index in [-0.39, 0.29) is 23.8 Å². The van der Waals surface area contributed by atoms with Crippen LogP contribution < -0.4 is 9.64 Å². The van der Waals surface area contributed by atoms with Crippen LogP contribution in [0.15, 0.2) is 54.7 Å². The molecule has 59 heavy (non-hydrogen) atoms. The van der Waals surface area contributed by atoms with Crippen LogP contribution in [0.1, 0.15) is 84.8 Å². The number of aromatic nitrogens is 1. The lowest BCUT2D eigenvalue weighted by Crippen LogP contribution is -2.51. The molecule has 3 aliphatic heterocycles. The molecule has 0 spiro atoms. The fourth-order valence-electron chi connectivity index (χ4n) is 9.30. The molecule has 4 heterocycles. The van der Waals surface area contributed by atoms with Crippen LogP contribution in [0, 0.1) is 23.7 Å². The number of esters is 1. The number of hydrogen-bond acceptors (Lipinski definition) is 12. The molecule has 8 unspecified atom stereocenters. The summed E-state index contributed by atoms with van der Waals surface area (Å²) in [5.41, 5.74) is 3.16. The Morgan fingerprint density at radius 1 is 1.00 bits per heavy atom. The molecule has 0 amide bonds. The summed E-state index contributed by atoms with van der Waals surface area (Å²) in [6, 6.07) is 17.4. The second-order valence-corrected chi connectivity index (χ2v) is 17.9. The van der Waals surface area contributed by atoms with E-state index in [1.165, 1.54) is 23.7 Å². The first-order chi connectivity index (χ1) is 28.1. The number of pyridine rings is 1. The fourth-order valence-corrected chi connectivity index (χ4v) is 9.30. The number of hydrogen-bond donors (Lipinski definition) is 2. The summed E-state index contributed by atoms with van der Waals surface area (Å²) in [6.07, 6.45) is 3.01. The Kier molecular flexibility index (Phi) is 15.1. The number of para-hydroxylation sites is 1. The molecular weight excluding hydrogens is 751 g/mol. The van der Waals surface area contributed by atoms with E-state index in [1.807, 2.05) is 13.8 Å². The number of carbonyl (C=O) groups is 2. The maximum Gasteiger partial charge on any atom is 0.308 e. The zero-order valence-corrected chi connectivity index (χ0v) is 36.3. The number of cyclic esters (lactones) is 1. The van der Waals surface area contributed by atoms with Gasteiger partial charge in [0, 0.05) is 62.1 Å². The average molecular weight is 818 g/mol. The summed E-state index contributed by atoms with van der Waals surface area (Å²) >= 11 is 0. The predicted molar refractivity (Wildman–Crippen MR) is 227 cm³/mol. The standard InChI is InChI=1S/C47H67N3O9/c1-29-21-41(55-8)44(30(2)20-31(3)46(53)57-28-47(6,54)45(52)33(5)43(29)51)59-42-25-37(22-32(4)58-42)49(7)17-11-19-56-38-24-36-23-34(14-15-39(36)48-26-38)27-50-18-16-35-12-9-10-13-40(35)50/h9-10,12-15,23-24,26,29-33,37,41-42,44-45,52,54H,11,16-22,25,27-28H2,1-8H3/t29-,30+,31?,32?,33?,37?,41?,42?,44?,45?,47-/m1/s1. The van der Waals surface area contributed by atoms with Gasteiger partial charge in [0.1, 0.15) is 23.7 Å². The number of carbonyl (C=O) groups excluding carboxylic acids is 2. The quantitative estimate of drug-likeness (QED) is 0.165. The molecule has 0 radical (unpaired) electrons. The van der Waals surface area contributed by atoms with Gasteiger partial charge in [0.05, 0.1) is 48.7 Å². The minimum Gasteiger partial charge on any atom is -0.492 e. The molecule has 2 N–H and O–H groups in total. The number of aliphatic hydroxyl groups excluding tert-OH is 1. The fraction of sp³-hybridized carbons (Fsp3) is 0.638. The molecule has 2 saturated heterocycles. The predicted octanol–water partition coefficient (Wildman–Crippen LogP) is 6.35. The third kappa shape index (κ3) is 11.2. The lowest BCUT2D eigenvalue weighted by molar-refractivity contribution is -0.248. The van der Waals surface area contributed by atoms with Crippen molar-refractivity contribution in [3.8, 4) is 5.75 Å². The molecule has 3 aliphatic rings. The summed E-state index contributed by atoms with van der Waals surface area (Å²) in [4.78, 5) is 36.1. The van der Waals surface area contributed by atoms with E-state index >= 15 is 0 Å². The van der Waals surface area contributed by atoms with Gasteiger partial charge in [0.15, 0.2) is 6.29 Å². The van der Waals surface area contributed by atoms with Crippen molar-refractivity contribution >= 4 is 28.3 Å². The van der Waals surface area contributed by atoms with Crippen molar-refractivity contribution in [1.82, 2.24) is 9.88 Å². The molecule has 2 aromatic carbocycles. The molecule has 0 bridgehead atoms. The van der Waals surface area contributed by atoms with Crippen LogP contribution >= 0.6 is 0 Å². The molecule has 0 saturated carbocycles. The first-order valence-electron chi connectivity index (χ1n) is 21.6. The van der Waals surface area contributed by atoms with Crippen LogP contribution in [0.5, 0.6) is 5.75 Å². The summed E-state index contributed by atoms with van der Waals surface area (Å²) in [5.74, 6) is -1.98. The number of methoxy groups -OCH3 is 1. The van der Waals surface area contributed by atoms with Gasteiger partial charge in [-0.15, -0.1) is 0 Å². The number of anilines is 1. The van der Waals surface area contributed by atoms with Crippen molar-refractivity contribution < 1.29 is 43.5 Å². The number of Topliss-reactive ketones (excluding diaryl/α,β-unsaturated/α-hetero) is 1. The van der Waals surface area contributed by atoms with Gasteiger partial charge >= 0.3 is 5.97 Å². The van der Waals surface area contributed by atoms with Gasteiger partial charge in [-0.05, 0) is 94.3 Å². The van der Waals surface area contributed by atoms with Crippen molar-refractivity contribution in [3.63, 3.8) is 0 Å². The van der Waals surface area contributed by atoms with Gasteiger partial charge in [-0.3, -0.25) is 14.6 Å². The van der Waals surface area contributed by atoms with Crippen LogP contribution in [0.2, 0.25) is 0 Å². The third-order valence-electron chi connectivity index (χ3n) is 12.9. The van der Waals surface area contributed by atoms with E-state index in [9.17, 15) is 19.8 Å². The maximum atomic E-state index is 13.5. The van der Waals surface area contributed by atoms with Crippen molar-refractivity contribution in [3.05, 3.63) is 65.9 Å². The molecule has 0 aliphatic carbocycles. The van der Waals surface area contributed by atoms with Gasteiger partial charge < -0.3 is 43.7 Å². The Bertz CT molecular complexity index is 1870. The van der Waals surface area contributed by atoms with E-state index in [0.717, 1.165) is 55.5 Å². The smallest absolute Gasteiger partial charge is 0.308 e. The van der Waals surface area contributed by atoms with E-state index in [1.54, 1.807) is 27.2 Å². The number of aliphatic hydroxyl groups is 2. The molecule has 1 aromatic heterocycles. The lowest BCUT2D eigenvalue weighted by Gasteiger charge is -2.42. The molecule has 6 rings (SSSR count). The summed E-state index contributed by atoms with van der Waals surface area (Å²) < 4.78 is 31.0. The van der Waals surface area contributed by atoms with Gasteiger partial charge in [0.25, 0.3) is 0 Å². The first kappa shape index (κ1) is 44.9. The third-order valence-corrected chi connectivity index (χ3v) is 12.9. The normalized spacial score (nSPS) is 32.5. The van der Waals surface area contributed by atoms with Crippen molar-refractivity contribution in [1.29, 1.82) is 0 Å². The molecule has 324 valence electrons. The van der Waals surface area contributed by atoms with Crippen LogP contribution in [-0.4, -0.2) is 115 Å². The Hall–Kier alpha value is -3.65. The molecule has 12 nitrogen and oxygen atoms in total. The van der Waals surface area contributed by atoms with Gasteiger partial charge in [-0.1, -0.05) is 52.0 Å². The van der Waals surface area contributed by atoms with Crippen LogP contribution in [0.4, 0.5) is 5.69 Å². The zero-order valence-electron chi connectivity index (χ0n) is 36.3. The van der Waals surface area contributed by atoms with Crippen molar-refractivity contribution in [2.45, 2.75) is 129 Å². The molecule has 11 atom stereocenters. The minimum absolute atomic E-state index is 0.0504. The van der Waals surface area contributed by atoms with Gasteiger partial charge in [-0.2, -0.15) is 0 Å². The zero-order chi connectivity index (χ0) is 42.4. The Morgan fingerprint density at radius 3 is 2.56 bits per heavy atom. The summed E-state index contributed by atoms with van der Waals surface area (Å²) in [5, 5.41) is 23.0. The van der Waals surface area contributed by atoms with Crippen molar-refractivity contribution in [2.24, 2.45) is 23.7 Å². The number of ketones is 1. The van der Waals surface area contributed by atoms with Gasteiger partial charge in [-0.25, -0.2) is 0 Å². The second-order valence-electron chi connectivity index (χ2n) is 17.9. The topological polar surface area (TPSA) is 140 Å². The van der Waals surface area contributed by atoms with E-state index < -0.39 is 60.5 Å². The van der Waals surface area contributed by atoms with Crippen molar-refractivity contribution in [2.75, 3.05) is 45.4 Å². The molecule has 12 heteroatoms. The monoisotopic (exact) mass is 817 g/mol. The molecule has 2 fully saturated rings. The first-order valence-corrected chi connectivity index (χ1v) is 21.6. The molecule has 3 aromatic rings. The van der Waals surface area contributed by atoms with E-state index in [4.69, 9.17) is 23.7 Å². The molecular formula is C47H67N3O9. The highest BCUT2D eigenvalue weighted by Crippen LogP contribution is 2.34. The summed E-state index contributed by atoms with van der Waals surface area (Å²) in [7, 11) is 3.74. The lowest BCUT2D eigenvalue weighted by atomic mass is 9.80. The Morgan fingerprint density at radius 2 is 1.78 bits per heavy atom.